The summed E-state index contributed by atoms with van der Waals surface area (Å²) in [6.45, 7) is 1.14. The van der Waals surface area contributed by atoms with Crippen molar-refractivity contribution in [3.05, 3.63) is 24.0 Å². The van der Waals surface area contributed by atoms with Crippen LogP contribution in [0.3, 0.4) is 0 Å². The second kappa shape index (κ2) is 5.90. The van der Waals surface area contributed by atoms with Gasteiger partial charge in [0, 0.05) is 39.3 Å². The SMILES string of the molecule is CN(C)C(=O)C1CCN(C(=O)c2ncccc2N)CC1. The van der Waals surface area contributed by atoms with Gasteiger partial charge in [0.2, 0.25) is 5.91 Å². The molecule has 0 radical (unpaired) electrons. The van der Waals surface area contributed by atoms with Crippen molar-refractivity contribution in [3.63, 3.8) is 0 Å². The number of hydrogen-bond acceptors (Lipinski definition) is 4. The van der Waals surface area contributed by atoms with E-state index in [0.717, 1.165) is 0 Å². The number of piperidine rings is 1. The highest BCUT2D eigenvalue weighted by Gasteiger charge is 2.29. The lowest BCUT2D eigenvalue weighted by molar-refractivity contribution is -0.134. The third kappa shape index (κ3) is 2.89. The van der Waals surface area contributed by atoms with Crippen LogP contribution in [0.5, 0.6) is 0 Å². The molecule has 0 aliphatic carbocycles. The van der Waals surface area contributed by atoms with Crippen LogP contribution < -0.4 is 5.73 Å². The van der Waals surface area contributed by atoms with Crippen LogP contribution in [0, 0.1) is 5.92 Å². The Hall–Kier alpha value is -2.11. The molecule has 1 saturated heterocycles. The molecule has 0 saturated carbocycles. The molecule has 20 heavy (non-hydrogen) atoms. The van der Waals surface area contributed by atoms with Gasteiger partial charge in [0.05, 0.1) is 5.69 Å². The van der Waals surface area contributed by atoms with E-state index in [1.807, 2.05) is 0 Å². The Morgan fingerprint density at radius 2 is 2.00 bits per heavy atom. The van der Waals surface area contributed by atoms with E-state index in [1.165, 1.54) is 0 Å². The standard InChI is InChI=1S/C14H20N4O2/c1-17(2)13(19)10-5-8-18(9-6-10)14(20)12-11(15)4-3-7-16-12/h3-4,7,10H,5-6,8-9,15H2,1-2H3. The van der Waals surface area contributed by atoms with Gasteiger partial charge in [-0.2, -0.15) is 0 Å². The molecule has 0 bridgehead atoms. The van der Waals surface area contributed by atoms with Crippen molar-refractivity contribution in [1.29, 1.82) is 0 Å². The molecule has 0 spiro atoms. The molecule has 2 amide bonds. The Labute approximate surface area is 118 Å². The third-order valence-electron chi connectivity index (χ3n) is 3.61. The molecular formula is C14H20N4O2. The van der Waals surface area contributed by atoms with Gasteiger partial charge >= 0.3 is 0 Å². The average Bonchev–Trinajstić information content (AvgIpc) is 2.46. The summed E-state index contributed by atoms with van der Waals surface area (Å²) in [4.78, 5) is 31.6. The molecule has 0 atom stereocenters. The molecule has 108 valence electrons. The average molecular weight is 276 g/mol. The monoisotopic (exact) mass is 276 g/mol. The minimum absolute atomic E-state index is 0.00938. The first-order chi connectivity index (χ1) is 9.50. The summed E-state index contributed by atoms with van der Waals surface area (Å²) in [6.07, 6.45) is 2.94. The highest BCUT2D eigenvalue weighted by atomic mass is 16.2. The number of carbonyl (C=O) groups is 2. The van der Waals surface area contributed by atoms with Crippen LogP contribution in [0.25, 0.3) is 0 Å². The molecular weight excluding hydrogens is 256 g/mol. The number of nitrogens with two attached hydrogens (primary N) is 1. The predicted molar refractivity (Wildman–Crippen MR) is 76.0 cm³/mol. The molecule has 2 N–H and O–H groups in total. The van der Waals surface area contributed by atoms with Crippen LogP contribution in [0.15, 0.2) is 18.3 Å². The zero-order chi connectivity index (χ0) is 14.7. The Morgan fingerprint density at radius 1 is 1.35 bits per heavy atom. The predicted octanol–water partition coefficient (Wildman–Crippen LogP) is 0.604. The van der Waals surface area contributed by atoms with Gasteiger partial charge in [-0.1, -0.05) is 0 Å². The summed E-state index contributed by atoms with van der Waals surface area (Å²) in [5.74, 6) is -0.0107. The molecule has 1 fully saturated rings. The summed E-state index contributed by atoms with van der Waals surface area (Å²) in [7, 11) is 3.52. The van der Waals surface area contributed by atoms with Gasteiger partial charge in [0.1, 0.15) is 0 Å². The molecule has 6 nitrogen and oxygen atoms in total. The number of pyridine rings is 1. The summed E-state index contributed by atoms with van der Waals surface area (Å²) in [5.41, 5.74) is 6.46. The van der Waals surface area contributed by atoms with Gasteiger partial charge in [0.15, 0.2) is 5.69 Å². The molecule has 2 rings (SSSR count). The number of carbonyl (C=O) groups excluding carboxylic acids is 2. The number of aromatic nitrogens is 1. The lowest BCUT2D eigenvalue weighted by atomic mass is 9.95. The van der Waals surface area contributed by atoms with Crippen LogP contribution in [0.4, 0.5) is 5.69 Å². The second-order valence-electron chi connectivity index (χ2n) is 5.24. The minimum atomic E-state index is -0.154. The topological polar surface area (TPSA) is 79.5 Å². The fourth-order valence-electron chi connectivity index (χ4n) is 2.44. The first-order valence-electron chi connectivity index (χ1n) is 6.71. The Bertz CT molecular complexity index is 508. The van der Waals surface area contributed by atoms with E-state index in [1.54, 1.807) is 42.2 Å². The molecule has 0 unspecified atom stereocenters. The summed E-state index contributed by atoms with van der Waals surface area (Å²) >= 11 is 0. The number of amides is 2. The number of nitrogens with zero attached hydrogens (tertiary/aromatic N) is 3. The molecule has 1 aliphatic heterocycles. The van der Waals surface area contributed by atoms with Crippen LogP contribution in [0.1, 0.15) is 23.3 Å². The minimum Gasteiger partial charge on any atom is -0.397 e. The third-order valence-corrected chi connectivity index (χ3v) is 3.61. The van der Waals surface area contributed by atoms with Gasteiger partial charge < -0.3 is 15.5 Å². The molecule has 2 heterocycles. The van der Waals surface area contributed by atoms with Crippen LogP contribution >= 0.6 is 0 Å². The zero-order valence-electron chi connectivity index (χ0n) is 11.9. The zero-order valence-corrected chi connectivity index (χ0v) is 11.9. The lowest BCUT2D eigenvalue weighted by Gasteiger charge is -2.32. The smallest absolute Gasteiger partial charge is 0.274 e. The summed E-state index contributed by atoms with van der Waals surface area (Å²) < 4.78 is 0. The first-order valence-corrected chi connectivity index (χ1v) is 6.71. The van der Waals surface area contributed by atoms with Crippen LogP contribution in [-0.2, 0) is 4.79 Å². The number of anilines is 1. The van der Waals surface area contributed by atoms with E-state index in [-0.39, 0.29) is 17.7 Å². The van der Waals surface area contributed by atoms with E-state index < -0.39 is 0 Å². The van der Waals surface area contributed by atoms with Crippen molar-refractivity contribution in [3.8, 4) is 0 Å². The number of hydrogen-bond donors (Lipinski definition) is 1. The highest BCUT2D eigenvalue weighted by molar-refractivity contribution is 5.97. The Balaban J connectivity index is 1.99. The number of likely N-dealkylation sites (tertiary alicyclic amines) is 1. The number of rotatable bonds is 2. The Morgan fingerprint density at radius 3 is 2.55 bits per heavy atom. The molecule has 0 aromatic carbocycles. The van der Waals surface area contributed by atoms with Gasteiger partial charge in [-0.25, -0.2) is 4.98 Å². The van der Waals surface area contributed by atoms with Crippen molar-refractivity contribution < 1.29 is 9.59 Å². The van der Waals surface area contributed by atoms with E-state index >= 15 is 0 Å². The largest absolute Gasteiger partial charge is 0.397 e. The van der Waals surface area contributed by atoms with Crippen molar-refractivity contribution in [2.24, 2.45) is 5.92 Å². The van der Waals surface area contributed by atoms with Crippen LogP contribution in [-0.4, -0.2) is 53.8 Å². The van der Waals surface area contributed by atoms with Crippen molar-refractivity contribution in [2.75, 3.05) is 32.9 Å². The van der Waals surface area contributed by atoms with Gasteiger partial charge in [-0.05, 0) is 25.0 Å². The first kappa shape index (κ1) is 14.3. The maximum absolute atomic E-state index is 12.3. The normalized spacial score (nSPS) is 16.0. The van der Waals surface area contributed by atoms with Gasteiger partial charge in [-0.15, -0.1) is 0 Å². The Kier molecular flexibility index (Phi) is 4.22. The maximum atomic E-state index is 12.3. The second-order valence-corrected chi connectivity index (χ2v) is 5.24. The van der Waals surface area contributed by atoms with Crippen molar-refractivity contribution in [1.82, 2.24) is 14.8 Å². The molecule has 1 aromatic rings. The van der Waals surface area contributed by atoms with E-state index in [2.05, 4.69) is 4.98 Å². The molecule has 1 aromatic heterocycles. The van der Waals surface area contributed by atoms with Crippen LogP contribution in [0.2, 0.25) is 0 Å². The van der Waals surface area contributed by atoms with E-state index in [9.17, 15) is 9.59 Å². The molecule has 6 heteroatoms. The highest BCUT2D eigenvalue weighted by Crippen LogP contribution is 2.21. The van der Waals surface area contributed by atoms with Crippen molar-refractivity contribution >= 4 is 17.5 Å². The lowest BCUT2D eigenvalue weighted by Crippen LogP contribution is -2.43. The number of nitrogen functional groups attached to an aromatic ring is 1. The fourth-order valence-corrected chi connectivity index (χ4v) is 2.44. The quantitative estimate of drug-likeness (QED) is 0.858. The van der Waals surface area contributed by atoms with Gasteiger partial charge in [-0.3, -0.25) is 9.59 Å². The van der Waals surface area contributed by atoms with Crippen molar-refractivity contribution in [2.45, 2.75) is 12.8 Å². The summed E-state index contributed by atoms with van der Waals surface area (Å²) in [6, 6.07) is 3.37. The van der Waals surface area contributed by atoms with E-state index in [4.69, 9.17) is 5.73 Å². The van der Waals surface area contributed by atoms with E-state index in [0.29, 0.717) is 37.3 Å². The van der Waals surface area contributed by atoms with Gasteiger partial charge in [0.25, 0.3) is 5.91 Å². The maximum Gasteiger partial charge on any atom is 0.274 e. The summed E-state index contributed by atoms with van der Waals surface area (Å²) in [5, 5.41) is 0. The molecule has 1 aliphatic rings. The fraction of sp³-hybridized carbons (Fsp3) is 0.500.